The number of hydrogen-bond acceptors (Lipinski definition) is 2. The van der Waals surface area contributed by atoms with E-state index in [0.717, 1.165) is 25.6 Å². The molecule has 1 rings (SSSR count). The van der Waals surface area contributed by atoms with E-state index in [0.29, 0.717) is 10.8 Å². The van der Waals surface area contributed by atoms with E-state index in [4.69, 9.17) is 5.73 Å². The molecule has 0 bridgehead atoms. The highest BCUT2D eigenvalue weighted by Crippen LogP contribution is 2.38. The second-order valence-corrected chi connectivity index (χ2v) is 7.49. The van der Waals surface area contributed by atoms with Gasteiger partial charge >= 0.3 is 0 Å². The van der Waals surface area contributed by atoms with Gasteiger partial charge in [0.25, 0.3) is 0 Å². The molecule has 0 aromatic rings. The van der Waals surface area contributed by atoms with Crippen LogP contribution < -0.4 is 11.1 Å². The fraction of sp³-hybridized carbons (Fsp3) is 1.00. The number of nitrogens with two attached hydrogens (primary N) is 1. The van der Waals surface area contributed by atoms with Gasteiger partial charge < -0.3 is 11.1 Å². The van der Waals surface area contributed by atoms with E-state index in [2.05, 4.69) is 33.0 Å². The predicted molar refractivity (Wildman–Crippen MR) is 80.7 cm³/mol. The summed E-state index contributed by atoms with van der Waals surface area (Å²) in [5.74, 6) is 0.720. The lowest BCUT2D eigenvalue weighted by atomic mass is 9.72. The third kappa shape index (κ3) is 4.89. The molecule has 0 aromatic heterocycles. The molecular weight excluding hydrogens is 220 g/mol. The quantitative estimate of drug-likeness (QED) is 0.711. The van der Waals surface area contributed by atoms with Gasteiger partial charge in [-0.15, -0.1) is 0 Å². The molecule has 2 nitrogen and oxygen atoms in total. The van der Waals surface area contributed by atoms with E-state index in [1.807, 2.05) is 0 Å². The third-order valence-corrected chi connectivity index (χ3v) is 5.11. The fourth-order valence-corrected chi connectivity index (χ4v) is 2.84. The Morgan fingerprint density at radius 3 is 2.28 bits per heavy atom. The van der Waals surface area contributed by atoms with Crippen molar-refractivity contribution in [2.75, 3.05) is 19.6 Å². The summed E-state index contributed by atoms with van der Waals surface area (Å²) in [6.07, 6.45) is 8.14. The highest BCUT2D eigenvalue weighted by molar-refractivity contribution is 4.84. The van der Waals surface area contributed by atoms with Crippen molar-refractivity contribution >= 4 is 0 Å². The van der Waals surface area contributed by atoms with E-state index >= 15 is 0 Å². The lowest BCUT2D eigenvalue weighted by molar-refractivity contribution is 0.177. The molecule has 1 fully saturated rings. The van der Waals surface area contributed by atoms with Crippen LogP contribution in [0.15, 0.2) is 0 Å². The maximum atomic E-state index is 6.02. The van der Waals surface area contributed by atoms with Crippen molar-refractivity contribution in [3.05, 3.63) is 0 Å². The van der Waals surface area contributed by atoms with Crippen molar-refractivity contribution in [2.45, 2.75) is 66.2 Å². The minimum Gasteiger partial charge on any atom is -0.330 e. The summed E-state index contributed by atoms with van der Waals surface area (Å²) < 4.78 is 0. The molecular formula is C16H34N2. The molecule has 2 heteroatoms. The van der Waals surface area contributed by atoms with Gasteiger partial charge in [-0.1, -0.05) is 47.0 Å². The Morgan fingerprint density at radius 1 is 1.17 bits per heavy atom. The maximum absolute atomic E-state index is 6.02. The minimum absolute atomic E-state index is 0.406. The first-order chi connectivity index (χ1) is 8.40. The average Bonchev–Trinajstić information content (AvgIpc) is 2.34. The standard InChI is InChI=1S/C16H34N2/c1-14(15(2,3)4)12-18-11-10-16(13-17)8-6-5-7-9-16/h14,18H,5-13,17H2,1-4H3. The van der Waals surface area contributed by atoms with Crippen molar-refractivity contribution in [1.82, 2.24) is 5.32 Å². The van der Waals surface area contributed by atoms with Gasteiger partial charge in [0, 0.05) is 0 Å². The van der Waals surface area contributed by atoms with Crippen molar-refractivity contribution in [3.63, 3.8) is 0 Å². The van der Waals surface area contributed by atoms with Gasteiger partial charge in [0.1, 0.15) is 0 Å². The Bertz CT molecular complexity index is 224. The smallest absolute Gasteiger partial charge is 0.00182 e. The largest absolute Gasteiger partial charge is 0.330 e. The van der Waals surface area contributed by atoms with Gasteiger partial charge in [-0.05, 0) is 55.6 Å². The Kier molecular flexibility index (Phi) is 6.13. The van der Waals surface area contributed by atoms with Gasteiger partial charge in [-0.2, -0.15) is 0 Å². The summed E-state index contributed by atoms with van der Waals surface area (Å²) in [6, 6.07) is 0. The van der Waals surface area contributed by atoms with E-state index in [9.17, 15) is 0 Å². The lowest BCUT2D eigenvalue weighted by Gasteiger charge is -2.36. The van der Waals surface area contributed by atoms with E-state index in [1.54, 1.807) is 0 Å². The zero-order valence-electron chi connectivity index (χ0n) is 13.0. The fourth-order valence-electron chi connectivity index (χ4n) is 2.84. The van der Waals surface area contributed by atoms with E-state index < -0.39 is 0 Å². The summed E-state index contributed by atoms with van der Waals surface area (Å²) in [7, 11) is 0. The van der Waals surface area contributed by atoms with Crippen LogP contribution in [0.4, 0.5) is 0 Å². The summed E-state index contributed by atoms with van der Waals surface area (Å²) in [5.41, 5.74) is 6.88. The molecule has 0 aliphatic heterocycles. The topological polar surface area (TPSA) is 38.0 Å². The summed E-state index contributed by atoms with van der Waals surface area (Å²) in [5, 5.41) is 3.64. The Labute approximate surface area is 114 Å². The highest BCUT2D eigenvalue weighted by Gasteiger charge is 2.30. The molecule has 3 N–H and O–H groups in total. The highest BCUT2D eigenvalue weighted by atomic mass is 14.9. The normalized spacial score (nSPS) is 21.8. The molecule has 0 aromatic carbocycles. The molecule has 0 spiro atoms. The first-order valence-corrected chi connectivity index (χ1v) is 7.80. The lowest BCUT2D eigenvalue weighted by Crippen LogP contribution is -2.37. The Balaban J connectivity index is 2.24. The van der Waals surface area contributed by atoms with Crippen LogP contribution in [0.3, 0.4) is 0 Å². The van der Waals surface area contributed by atoms with Crippen LogP contribution in [0.5, 0.6) is 0 Å². The second kappa shape index (κ2) is 6.91. The van der Waals surface area contributed by atoms with E-state index in [1.165, 1.54) is 38.5 Å². The first kappa shape index (κ1) is 16.0. The predicted octanol–water partition coefficient (Wildman–Crippen LogP) is 3.56. The van der Waals surface area contributed by atoms with Gasteiger partial charge in [0.05, 0.1) is 0 Å². The third-order valence-electron chi connectivity index (χ3n) is 5.11. The van der Waals surface area contributed by atoms with Crippen molar-refractivity contribution in [1.29, 1.82) is 0 Å². The Hall–Kier alpha value is -0.0800. The molecule has 0 radical (unpaired) electrons. The molecule has 0 amide bonds. The van der Waals surface area contributed by atoms with Crippen LogP contribution in [0, 0.1) is 16.7 Å². The zero-order valence-corrected chi connectivity index (χ0v) is 13.0. The zero-order chi connectivity index (χ0) is 13.6. The number of rotatable bonds is 6. The molecule has 1 unspecified atom stereocenters. The van der Waals surface area contributed by atoms with E-state index in [-0.39, 0.29) is 0 Å². The van der Waals surface area contributed by atoms with Crippen molar-refractivity contribution in [2.24, 2.45) is 22.5 Å². The molecule has 108 valence electrons. The minimum atomic E-state index is 0.406. The van der Waals surface area contributed by atoms with Crippen LogP contribution in [0.2, 0.25) is 0 Å². The first-order valence-electron chi connectivity index (χ1n) is 7.80. The van der Waals surface area contributed by atoms with Crippen LogP contribution in [0.1, 0.15) is 66.2 Å². The monoisotopic (exact) mass is 254 g/mol. The number of hydrogen-bond donors (Lipinski definition) is 2. The van der Waals surface area contributed by atoms with Crippen LogP contribution >= 0.6 is 0 Å². The van der Waals surface area contributed by atoms with Crippen molar-refractivity contribution < 1.29 is 0 Å². The van der Waals surface area contributed by atoms with Crippen LogP contribution in [-0.4, -0.2) is 19.6 Å². The number of nitrogens with one attached hydrogen (secondary N) is 1. The molecule has 1 aliphatic rings. The van der Waals surface area contributed by atoms with Gasteiger partial charge in [0.2, 0.25) is 0 Å². The van der Waals surface area contributed by atoms with Crippen molar-refractivity contribution in [3.8, 4) is 0 Å². The summed E-state index contributed by atoms with van der Waals surface area (Å²) in [6.45, 7) is 12.4. The maximum Gasteiger partial charge on any atom is -0.00182 e. The molecule has 1 saturated carbocycles. The second-order valence-electron chi connectivity index (χ2n) is 7.49. The Morgan fingerprint density at radius 2 is 1.78 bits per heavy atom. The summed E-state index contributed by atoms with van der Waals surface area (Å²) >= 11 is 0. The average molecular weight is 254 g/mol. The molecule has 18 heavy (non-hydrogen) atoms. The summed E-state index contributed by atoms with van der Waals surface area (Å²) in [4.78, 5) is 0. The van der Waals surface area contributed by atoms with Crippen LogP contribution in [0.25, 0.3) is 0 Å². The van der Waals surface area contributed by atoms with Gasteiger partial charge in [-0.25, -0.2) is 0 Å². The van der Waals surface area contributed by atoms with Crippen LogP contribution in [-0.2, 0) is 0 Å². The van der Waals surface area contributed by atoms with Gasteiger partial charge in [0.15, 0.2) is 0 Å². The SMILES string of the molecule is CC(CNCCC1(CN)CCCCC1)C(C)(C)C. The molecule has 1 atom stereocenters. The van der Waals surface area contributed by atoms with Gasteiger partial charge in [-0.3, -0.25) is 0 Å². The molecule has 0 saturated heterocycles. The molecule has 0 heterocycles. The molecule has 1 aliphatic carbocycles.